The molecule has 3 N–H and O–H groups in total. The largest absolute Gasteiger partial charge is 0.334 e. The van der Waals surface area contributed by atoms with Crippen molar-refractivity contribution in [3.05, 3.63) is 47.8 Å². The number of nitrogens with two attached hydrogens (primary N) is 1. The number of hydrazine groups is 1. The van der Waals surface area contributed by atoms with Crippen LogP contribution in [0.25, 0.3) is 0 Å². The lowest BCUT2D eigenvalue weighted by molar-refractivity contribution is 0.559. The minimum atomic E-state index is -0.127. The first-order valence-corrected chi connectivity index (χ1v) is 5.66. The molecule has 5 nitrogen and oxygen atoms in total. The third-order valence-corrected chi connectivity index (χ3v) is 2.78. The Balaban J connectivity index is 2.36. The van der Waals surface area contributed by atoms with Crippen LogP contribution in [0.3, 0.4) is 0 Å². The molecule has 0 spiro atoms. The van der Waals surface area contributed by atoms with Crippen molar-refractivity contribution in [3.8, 4) is 0 Å². The van der Waals surface area contributed by atoms with Crippen LogP contribution in [0.4, 0.5) is 0 Å². The van der Waals surface area contributed by atoms with Gasteiger partial charge in [0.1, 0.15) is 11.9 Å². The van der Waals surface area contributed by atoms with Gasteiger partial charge >= 0.3 is 0 Å². The lowest BCUT2D eigenvalue weighted by atomic mass is 10.1. The zero-order chi connectivity index (χ0) is 12.3. The number of imidazole rings is 1. The van der Waals surface area contributed by atoms with E-state index in [0.29, 0.717) is 0 Å². The Morgan fingerprint density at radius 1 is 1.41 bits per heavy atom. The van der Waals surface area contributed by atoms with Gasteiger partial charge in [0, 0.05) is 30.8 Å². The van der Waals surface area contributed by atoms with Crippen LogP contribution < -0.4 is 11.3 Å². The first-order valence-electron chi connectivity index (χ1n) is 5.66. The summed E-state index contributed by atoms with van der Waals surface area (Å²) in [6.07, 6.45) is 5.56. The number of aryl methyl sites for hydroxylation is 2. The van der Waals surface area contributed by atoms with Gasteiger partial charge in [0.15, 0.2) is 0 Å². The Hall–Kier alpha value is -1.72. The lowest BCUT2D eigenvalue weighted by Gasteiger charge is -2.16. The van der Waals surface area contributed by atoms with Gasteiger partial charge in [-0.2, -0.15) is 0 Å². The predicted octanol–water partition coefficient (Wildman–Crippen LogP) is 1.16. The number of rotatable bonds is 4. The van der Waals surface area contributed by atoms with E-state index in [4.69, 9.17) is 5.84 Å². The summed E-state index contributed by atoms with van der Waals surface area (Å²) in [6, 6.07) is 3.86. The maximum atomic E-state index is 5.63. The molecule has 0 aliphatic carbocycles. The van der Waals surface area contributed by atoms with Crippen LogP contribution in [-0.4, -0.2) is 14.5 Å². The number of pyridine rings is 1. The van der Waals surface area contributed by atoms with E-state index in [2.05, 4.69) is 26.9 Å². The third-order valence-electron chi connectivity index (χ3n) is 2.78. The number of nitrogens with one attached hydrogen (secondary N) is 1. The fraction of sp³-hybridized carbons (Fsp3) is 0.333. The van der Waals surface area contributed by atoms with Gasteiger partial charge in [0.05, 0.1) is 0 Å². The van der Waals surface area contributed by atoms with Crippen molar-refractivity contribution in [2.75, 3.05) is 0 Å². The molecule has 0 amide bonds. The highest BCUT2D eigenvalue weighted by molar-refractivity contribution is 5.23. The van der Waals surface area contributed by atoms with Crippen LogP contribution in [-0.2, 0) is 6.54 Å². The average molecular weight is 231 g/mol. The van der Waals surface area contributed by atoms with E-state index in [1.165, 1.54) is 0 Å². The van der Waals surface area contributed by atoms with E-state index < -0.39 is 0 Å². The highest BCUT2D eigenvalue weighted by Crippen LogP contribution is 2.19. The first-order chi connectivity index (χ1) is 8.26. The summed E-state index contributed by atoms with van der Waals surface area (Å²) in [5, 5.41) is 0. The van der Waals surface area contributed by atoms with Gasteiger partial charge in [-0.05, 0) is 25.5 Å². The molecule has 0 aliphatic heterocycles. The van der Waals surface area contributed by atoms with E-state index in [0.717, 1.165) is 23.6 Å². The molecule has 0 saturated carbocycles. The normalized spacial score (nSPS) is 12.6. The number of hydrogen-bond donors (Lipinski definition) is 2. The summed E-state index contributed by atoms with van der Waals surface area (Å²) < 4.78 is 2.06. The summed E-state index contributed by atoms with van der Waals surface area (Å²) >= 11 is 0. The number of aromatic nitrogens is 3. The number of hydrogen-bond acceptors (Lipinski definition) is 4. The van der Waals surface area contributed by atoms with E-state index in [9.17, 15) is 0 Å². The van der Waals surface area contributed by atoms with E-state index in [1.54, 1.807) is 6.20 Å². The summed E-state index contributed by atoms with van der Waals surface area (Å²) in [5.41, 5.74) is 4.79. The molecule has 0 saturated heterocycles. The van der Waals surface area contributed by atoms with E-state index in [1.807, 2.05) is 31.5 Å². The summed E-state index contributed by atoms with van der Waals surface area (Å²) in [6.45, 7) is 4.90. The Kier molecular flexibility index (Phi) is 3.51. The average Bonchev–Trinajstić information content (AvgIpc) is 2.81. The topological polar surface area (TPSA) is 68.8 Å². The molecule has 2 heterocycles. The molecule has 90 valence electrons. The van der Waals surface area contributed by atoms with Crippen molar-refractivity contribution in [2.45, 2.75) is 26.4 Å². The van der Waals surface area contributed by atoms with Gasteiger partial charge in [0.2, 0.25) is 0 Å². The molecule has 0 radical (unpaired) electrons. The summed E-state index contributed by atoms with van der Waals surface area (Å²) in [7, 11) is 0. The smallest absolute Gasteiger partial charge is 0.131 e. The second-order valence-electron chi connectivity index (χ2n) is 3.90. The molecular formula is C12H17N5. The van der Waals surface area contributed by atoms with Gasteiger partial charge < -0.3 is 4.57 Å². The van der Waals surface area contributed by atoms with Crippen molar-refractivity contribution in [2.24, 2.45) is 5.84 Å². The van der Waals surface area contributed by atoms with Crippen LogP contribution >= 0.6 is 0 Å². The van der Waals surface area contributed by atoms with E-state index >= 15 is 0 Å². The molecule has 0 fully saturated rings. The molecule has 17 heavy (non-hydrogen) atoms. The van der Waals surface area contributed by atoms with Gasteiger partial charge in [-0.1, -0.05) is 6.07 Å². The molecule has 2 aromatic heterocycles. The van der Waals surface area contributed by atoms with Gasteiger partial charge in [-0.15, -0.1) is 0 Å². The van der Waals surface area contributed by atoms with Crippen molar-refractivity contribution in [1.82, 2.24) is 20.0 Å². The van der Waals surface area contributed by atoms with Crippen molar-refractivity contribution in [3.63, 3.8) is 0 Å². The van der Waals surface area contributed by atoms with Crippen molar-refractivity contribution < 1.29 is 0 Å². The molecule has 1 atom stereocenters. The minimum absolute atomic E-state index is 0.127. The fourth-order valence-corrected chi connectivity index (χ4v) is 1.82. The summed E-state index contributed by atoms with van der Waals surface area (Å²) in [5.74, 6) is 6.53. The van der Waals surface area contributed by atoms with Crippen LogP contribution in [0.1, 0.15) is 30.0 Å². The molecule has 1 unspecified atom stereocenters. The van der Waals surface area contributed by atoms with Gasteiger partial charge in [-0.3, -0.25) is 10.8 Å². The molecule has 2 rings (SSSR count). The van der Waals surface area contributed by atoms with Crippen LogP contribution in [0.2, 0.25) is 0 Å². The second-order valence-corrected chi connectivity index (χ2v) is 3.90. The maximum absolute atomic E-state index is 5.63. The van der Waals surface area contributed by atoms with Crippen LogP contribution in [0.5, 0.6) is 0 Å². The highest BCUT2D eigenvalue weighted by atomic mass is 15.3. The molecule has 5 heteroatoms. The fourth-order valence-electron chi connectivity index (χ4n) is 1.82. The summed E-state index contributed by atoms with van der Waals surface area (Å²) in [4.78, 5) is 8.63. The monoisotopic (exact) mass is 231 g/mol. The molecule has 0 aromatic carbocycles. The predicted molar refractivity (Wildman–Crippen MR) is 66.0 cm³/mol. The molecule has 2 aromatic rings. The Morgan fingerprint density at radius 2 is 2.24 bits per heavy atom. The third kappa shape index (κ3) is 2.35. The quantitative estimate of drug-likeness (QED) is 0.612. The van der Waals surface area contributed by atoms with Gasteiger partial charge in [0.25, 0.3) is 0 Å². The zero-order valence-corrected chi connectivity index (χ0v) is 10.1. The Labute approximate surface area is 101 Å². The van der Waals surface area contributed by atoms with Crippen LogP contribution in [0, 0.1) is 6.92 Å². The second kappa shape index (κ2) is 5.07. The Bertz CT molecular complexity index is 474. The Morgan fingerprint density at radius 3 is 2.82 bits per heavy atom. The molecular weight excluding hydrogens is 214 g/mol. The van der Waals surface area contributed by atoms with E-state index in [-0.39, 0.29) is 6.04 Å². The standard InChI is InChI=1S/C12H17N5/c1-3-17-7-6-14-12(17)11(16-13)10-5-4-9(2)15-8-10/h4-8,11,16H,3,13H2,1-2H3. The first kappa shape index (κ1) is 11.8. The van der Waals surface area contributed by atoms with Crippen molar-refractivity contribution in [1.29, 1.82) is 0 Å². The van der Waals surface area contributed by atoms with Crippen LogP contribution in [0.15, 0.2) is 30.7 Å². The number of nitrogens with zero attached hydrogens (tertiary/aromatic N) is 3. The SMILES string of the molecule is CCn1ccnc1C(NN)c1ccc(C)nc1. The highest BCUT2D eigenvalue weighted by Gasteiger charge is 2.17. The minimum Gasteiger partial charge on any atom is -0.334 e. The lowest BCUT2D eigenvalue weighted by Crippen LogP contribution is -2.31. The van der Waals surface area contributed by atoms with Gasteiger partial charge in [-0.25, -0.2) is 10.4 Å². The maximum Gasteiger partial charge on any atom is 0.131 e. The zero-order valence-electron chi connectivity index (χ0n) is 10.1. The van der Waals surface area contributed by atoms with Crippen molar-refractivity contribution >= 4 is 0 Å². The molecule has 0 aliphatic rings. The molecule has 0 bridgehead atoms.